The number of hydrogen-bond donors (Lipinski definition) is 1. The Balaban J connectivity index is 1.94. The maximum absolute atomic E-state index is 11.0. The van der Waals surface area contributed by atoms with Gasteiger partial charge in [-0.05, 0) is 24.3 Å². The molecule has 0 saturated carbocycles. The average Bonchev–Trinajstić information content (AvgIpc) is 2.52. The minimum Gasteiger partial charge on any atom is -0.492 e. The highest BCUT2D eigenvalue weighted by molar-refractivity contribution is 5.64. The highest BCUT2D eigenvalue weighted by atomic mass is 16.6. The number of nitrogens with one attached hydrogen (secondary N) is 1. The van der Waals surface area contributed by atoms with Crippen LogP contribution in [0.3, 0.4) is 0 Å². The number of ether oxygens (including phenoxy) is 1. The van der Waals surface area contributed by atoms with E-state index in [-0.39, 0.29) is 11.3 Å². The van der Waals surface area contributed by atoms with Crippen molar-refractivity contribution in [2.45, 2.75) is 0 Å². The fraction of sp³-hybridized carbons (Fsp3) is 0.133. The maximum Gasteiger partial charge on any atom is 0.293 e. The van der Waals surface area contributed by atoms with Crippen molar-refractivity contribution in [3.63, 3.8) is 0 Å². The van der Waals surface area contributed by atoms with Crippen LogP contribution in [-0.4, -0.2) is 18.1 Å². The van der Waals surface area contributed by atoms with Crippen LogP contribution < -0.4 is 10.1 Å². The zero-order chi connectivity index (χ0) is 15.1. The van der Waals surface area contributed by atoms with Gasteiger partial charge in [0, 0.05) is 12.6 Å². The third-order valence-electron chi connectivity index (χ3n) is 2.75. The summed E-state index contributed by atoms with van der Waals surface area (Å²) in [5, 5.41) is 22.7. The fourth-order valence-corrected chi connectivity index (χ4v) is 1.77. The van der Waals surface area contributed by atoms with Gasteiger partial charge in [0.05, 0.1) is 16.6 Å². The Kier molecular flexibility index (Phi) is 4.72. The summed E-state index contributed by atoms with van der Waals surface area (Å²) in [7, 11) is 0. The molecule has 0 amide bonds. The normalized spacial score (nSPS) is 9.67. The lowest BCUT2D eigenvalue weighted by molar-refractivity contribution is -0.384. The van der Waals surface area contributed by atoms with Gasteiger partial charge in [-0.2, -0.15) is 5.26 Å². The largest absolute Gasteiger partial charge is 0.492 e. The lowest BCUT2D eigenvalue weighted by Gasteiger charge is -2.09. The van der Waals surface area contributed by atoms with Crippen molar-refractivity contribution in [1.82, 2.24) is 0 Å². The van der Waals surface area contributed by atoms with Crippen molar-refractivity contribution in [2.75, 3.05) is 18.5 Å². The van der Waals surface area contributed by atoms with Gasteiger partial charge in [0.2, 0.25) is 0 Å². The van der Waals surface area contributed by atoms with E-state index in [1.54, 1.807) is 0 Å². The van der Waals surface area contributed by atoms with E-state index < -0.39 is 4.92 Å². The molecule has 0 unspecified atom stereocenters. The zero-order valence-electron chi connectivity index (χ0n) is 11.2. The van der Waals surface area contributed by atoms with Crippen molar-refractivity contribution in [3.05, 3.63) is 64.2 Å². The lowest BCUT2D eigenvalue weighted by Crippen LogP contribution is -2.12. The van der Waals surface area contributed by atoms with Crippen molar-refractivity contribution >= 4 is 11.4 Å². The van der Waals surface area contributed by atoms with Crippen molar-refractivity contribution in [1.29, 1.82) is 5.26 Å². The molecule has 6 heteroatoms. The molecule has 2 aromatic rings. The van der Waals surface area contributed by atoms with E-state index in [9.17, 15) is 10.1 Å². The Bertz CT molecular complexity index is 666. The van der Waals surface area contributed by atoms with E-state index in [2.05, 4.69) is 5.32 Å². The standard InChI is InChI=1S/C15H13N3O3/c16-11-12-6-7-14(15(10-12)18(19)20)17-8-9-21-13-4-2-1-3-5-13/h1-7,10,17H,8-9H2. The zero-order valence-corrected chi connectivity index (χ0v) is 11.2. The highest BCUT2D eigenvalue weighted by Crippen LogP contribution is 2.25. The molecular formula is C15H13N3O3. The smallest absolute Gasteiger partial charge is 0.293 e. The minimum atomic E-state index is -0.513. The van der Waals surface area contributed by atoms with Crippen LogP contribution >= 0.6 is 0 Å². The van der Waals surface area contributed by atoms with Crippen LogP contribution in [0, 0.1) is 21.4 Å². The molecule has 2 rings (SSSR count). The van der Waals surface area contributed by atoms with Gasteiger partial charge >= 0.3 is 0 Å². The summed E-state index contributed by atoms with van der Waals surface area (Å²) in [4.78, 5) is 10.5. The summed E-state index contributed by atoms with van der Waals surface area (Å²) in [5.41, 5.74) is 0.511. The van der Waals surface area contributed by atoms with Gasteiger partial charge in [-0.15, -0.1) is 0 Å². The first-order valence-electron chi connectivity index (χ1n) is 6.31. The number of nitriles is 1. The minimum absolute atomic E-state index is 0.117. The molecule has 0 aliphatic rings. The maximum atomic E-state index is 11.0. The van der Waals surface area contributed by atoms with Gasteiger partial charge in [-0.3, -0.25) is 10.1 Å². The van der Waals surface area contributed by atoms with E-state index in [1.807, 2.05) is 36.4 Å². The van der Waals surface area contributed by atoms with Crippen molar-refractivity contribution in [2.24, 2.45) is 0 Å². The summed E-state index contributed by atoms with van der Waals surface area (Å²) in [6, 6.07) is 15.5. The first-order valence-corrected chi connectivity index (χ1v) is 6.31. The number of nitro benzene ring substituents is 1. The summed E-state index contributed by atoms with van der Waals surface area (Å²) in [6.45, 7) is 0.794. The molecule has 21 heavy (non-hydrogen) atoms. The molecule has 0 fully saturated rings. The number of nitro groups is 1. The van der Waals surface area contributed by atoms with Crippen LogP contribution in [-0.2, 0) is 0 Å². The summed E-state index contributed by atoms with van der Waals surface area (Å²) in [6.07, 6.45) is 0. The third-order valence-corrected chi connectivity index (χ3v) is 2.75. The van der Waals surface area contributed by atoms with Crippen molar-refractivity contribution in [3.8, 4) is 11.8 Å². The molecular weight excluding hydrogens is 270 g/mol. The molecule has 0 spiro atoms. The van der Waals surface area contributed by atoms with E-state index >= 15 is 0 Å². The second-order valence-corrected chi connectivity index (χ2v) is 4.19. The van der Waals surface area contributed by atoms with Crippen LogP contribution in [0.5, 0.6) is 5.75 Å². The number of anilines is 1. The molecule has 0 radical (unpaired) electrons. The number of benzene rings is 2. The lowest BCUT2D eigenvalue weighted by atomic mass is 10.2. The Hall–Kier alpha value is -3.07. The number of hydrogen-bond acceptors (Lipinski definition) is 5. The van der Waals surface area contributed by atoms with Crippen LogP contribution in [0.2, 0.25) is 0 Å². The molecule has 0 atom stereocenters. The predicted molar refractivity (Wildman–Crippen MR) is 78.2 cm³/mol. The summed E-state index contributed by atoms with van der Waals surface area (Å²) in [5.74, 6) is 0.744. The molecule has 6 nitrogen and oxygen atoms in total. The topological polar surface area (TPSA) is 88.2 Å². The Labute approximate surface area is 121 Å². The van der Waals surface area contributed by atoms with Gasteiger partial charge < -0.3 is 10.1 Å². The highest BCUT2D eigenvalue weighted by Gasteiger charge is 2.14. The Morgan fingerprint density at radius 3 is 2.67 bits per heavy atom. The first kappa shape index (κ1) is 14.3. The van der Waals surface area contributed by atoms with Gasteiger partial charge in [-0.1, -0.05) is 18.2 Å². The monoisotopic (exact) mass is 283 g/mol. The molecule has 2 aromatic carbocycles. The SMILES string of the molecule is N#Cc1ccc(NCCOc2ccccc2)c([N+](=O)[O-])c1. The molecule has 1 N–H and O–H groups in total. The van der Waals surface area contributed by atoms with Gasteiger partial charge in [0.15, 0.2) is 0 Å². The van der Waals surface area contributed by atoms with Crippen molar-refractivity contribution < 1.29 is 9.66 Å². The van der Waals surface area contributed by atoms with Crippen LogP contribution in [0.1, 0.15) is 5.56 Å². The molecule has 106 valence electrons. The van der Waals surface area contributed by atoms with Crippen LogP contribution in [0.15, 0.2) is 48.5 Å². The summed E-state index contributed by atoms with van der Waals surface area (Å²) < 4.78 is 5.49. The molecule has 0 bridgehead atoms. The first-order chi connectivity index (χ1) is 10.2. The molecule has 0 aromatic heterocycles. The van der Waals surface area contributed by atoms with E-state index in [0.717, 1.165) is 5.75 Å². The molecule has 0 aliphatic carbocycles. The Morgan fingerprint density at radius 1 is 1.24 bits per heavy atom. The van der Waals surface area contributed by atoms with Gasteiger partial charge in [0.1, 0.15) is 18.0 Å². The second-order valence-electron chi connectivity index (χ2n) is 4.19. The number of rotatable bonds is 6. The Morgan fingerprint density at radius 2 is 2.00 bits per heavy atom. The average molecular weight is 283 g/mol. The number of nitrogens with zero attached hydrogens (tertiary/aromatic N) is 2. The predicted octanol–water partition coefficient (Wildman–Crippen LogP) is 2.96. The van der Waals surface area contributed by atoms with Crippen LogP contribution in [0.4, 0.5) is 11.4 Å². The van der Waals surface area contributed by atoms with Crippen LogP contribution in [0.25, 0.3) is 0 Å². The fourth-order valence-electron chi connectivity index (χ4n) is 1.77. The molecule has 0 aliphatic heterocycles. The summed E-state index contributed by atoms with van der Waals surface area (Å²) >= 11 is 0. The molecule has 0 heterocycles. The van der Waals surface area contributed by atoms with E-state index in [1.165, 1.54) is 18.2 Å². The van der Waals surface area contributed by atoms with Gasteiger partial charge in [-0.25, -0.2) is 0 Å². The van der Waals surface area contributed by atoms with E-state index in [0.29, 0.717) is 18.8 Å². The number of para-hydroxylation sites is 1. The van der Waals surface area contributed by atoms with E-state index in [4.69, 9.17) is 10.00 Å². The second kappa shape index (κ2) is 6.91. The third kappa shape index (κ3) is 3.94. The van der Waals surface area contributed by atoms with Gasteiger partial charge in [0.25, 0.3) is 5.69 Å². The quantitative estimate of drug-likeness (QED) is 0.500. The molecule has 0 saturated heterocycles.